The van der Waals surface area contributed by atoms with E-state index >= 15 is 0 Å². The second-order valence-corrected chi connectivity index (χ2v) is 5.04. The van der Waals surface area contributed by atoms with Crippen LogP contribution in [-0.4, -0.2) is 31.5 Å². The number of hydrogen-bond donors (Lipinski definition) is 0. The van der Waals surface area contributed by atoms with Crippen molar-refractivity contribution in [3.8, 4) is 5.75 Å². The Morgan fingerprint density at radius 3 is 2.78 bits per heavy atom. The number of benzene rings is 2. The van der Waals surface area contributed by atoms with Gasteiger partial charge in [0.1, 0.15) is 5.75 Å². The van der Waals surface area contributed by atoms with Crippen LogP contribution in [0.15, 0.2) is 58.7 Å². The Morgan fingerprint density at radius 1 is 1.17 bits per heavy atom. The fourth-order valence-corrected chi connectivity index (χ4v) is 2.55. The summed E-state index contributed by atoms with van der Waals surface area (Å²) in [6, 6.07) is 15.1. The first-order chi connectivity index (χ1) is 11.2. The largest absolute Gasteiger partial charge is 0.497 e. The zero-order valence-electron chi connectivity index (χ0n) is 13.1. The standard InChI is InChI=1S/C18H17N3O2/c1-3-21-16-10-5-4-9-15(16)17(18(21)22)20-19-12-13-7-6-8-14(11-13)23-2/h4-12H,3H2,1-2H3/b19-12-,20-17+. The smallest absolute Gasteiger partial charge is 0.279 e. The topological polar surface area (TPSA) is 54.3 Å². The van der Waals surface area contributed by atoms with Gasteiger partial charge >= 0.3 is 0 Å². The summed E-state index contributed by atoms with van der Waals surface area (Å²) in [4.78, 5) is 14.1. The molecule has 5 nitrogen and oxygen atoms in total. The molecule has 2 aromatic rings. The first-order valence-corrected chi connectivity index (χ1v) is 7.41. The first kappa shape index (κ1) is 15.0. The maximum absolute atomic E-state index is 12.4. The lowest BCUT2D eigenvalue weighted by atomic mass is 10.1. The van der Waals surface area contributed by atoms with Crippen LogP contribution in [0.25, 0.3) is 0 Å². The lowest BCUT2D eigenvalue weighted by Crippen LogP contribution is -2.29. The number of nitrogens with zero attached hydrogens (tertiary/aromatic N) is 3. The summed E-state index contributed by atoms with van der Waals surface area (Å²) >= 11 is 0. The van der Waals surface area contributed by atoms with Crippen molar-refractivity contribution in [3.63, 3.8) is 0 Å². The molecule has 0 aromatic heterocycles. The maximum Gasteiger partial charge on any atom is 0.279 e. The number of ether oxygens (including phenoxy) is 1. The average Bonchev–Trinajstić information content (AvgIpc) is 2.86. The molecule has 0 bridgehead atoms. The van der Waals surface area contributed by atoms with Gasteiger partial charge in [-0.1, -0.05) is 30.3 Å². The molecule has 0 N–H and O–H groups in total. The van der Waals surface area contributed by atoms with Crippen molar-refractivity contribution in [2.24, 2.45) is 10.2 Å². The van der Waals surface area contributed by atoms with Crippen LogP contribution in [-0.2, 0) is 4.79 Å². The van der Waals surface area contributed by atoms with E-state index < -0.39 is 0 Å². The van der Waals surface area contributed by atoms with Crippen LogP contribution in [0.3, 0.4) is 0 Å². The van der Waals surface area contributed by atoms with E-state index in [-0.39, 0.29) is 5.91 Å². The molecule has 0 saturated heterocycles. The summed E-state index contributed by atoms with van der Waals surface area (Å²) in [5.41, 5.74) is 2.94. The molecule has 2 aromatic carbocycles. The lowest BCUT2D eigenvalue weighted by molar-refractivity contribution is -0.112. The highest BCUT2D eigenvalue weighted by Gasteiger charge is 2.32. The molecule has 0 unspecified atom stereocenters. The van der Waals surface area contributed by atoms with Gasteiger partial charge in [0.15, 0.2) is 5.71 Å². The predicted octanol–water partition coefficient (Wildman–Crippen LogP) is 2.88. The molecule has 1 amide bonds. The number of fused-ring (bicyclic) bond motifs is 1. The summed E-state index contributed by atoms with van der Waals surface area (Å²) in [5, 5.41) is 8.23. The lowest BCUT2D eigenvalue weighted by Gasteiger charge is -2.12. The Morgan fingerprint density at radius 2 is 2.00 bits per heavy atom. The zero-order valence-corrected chi connectivity index (χ0v) is 13.1. The van der Waals surface area contributed by atoms with Crippen molar-refractivity contribution in [1.82, 2.24) is 0 Å². The van der Waals surface area contributed by atoms with Gasteiger partial charge in [-0.25, -0.2) is 0 Å². The summed E-state index contributed by atoms with van der Waals surface area (Å²) in [7, 11) is 1.62. The molecule has 0 saturated carbocycles. The Hall–Kier alpha value is -2.95. The Kier molecular flexibility index (Phi) is 4.19. The predicted molar refractivity (Wildman–Crippen MR) is 91.6 cm³/mol. The molecule has 0 spiro atoms. The van der Waals surface area contributed by atoms with Crippen LogP contribution in [0.2, 0.25) is 0 Å². The van der Waals surface area contributed by atoms with Gasteiger partial charge in [0.25, 0.3) is 5.91 Å². The fraction of sp³-hybridized carbons (Fsp3) is 0.167. The highest BCUT2D eigenvalue weighted by atomic mass is 16.5. The van der Waals surface area contributed by atoms with Gasteiger partial charge in [0.2, 0.25) is 0 Å². The molecular formula is C18H17N3O2. The van der Waals surface area contributed by atoms with Crippen LogP contribution in [0.1, 0.15) is 18.1 Å². The molecule has 116 valence electrons. The molecule has 0 radical (unpaired) electrons. The van der Waals surface area contributed by atoms with Crippen molar-refractivity contribution in [3.05, 3.63) is 59.7 Å². The van der Waals surface area contributed by atoms with E-state index in [0.717, 1.165) is 22.6 Å². The minimum Gasteiger partial charge on any atom is -0.497 e. The molecule has 3 rings (SSSR count). The third-order valence-electron chi connectivity index (χ3n) is 3.67. The van der Waals surface area contributed by atoms with Gasteiger partial charge in [-0.05, 0) is 30.7 Å². The summed E-state index contributed by atoms with van der Waals surface area (Å²) in [6.07, 6.45) is 1.61. The SMILES string of the molecule is CCN1C(=O)/C(=N/N=C\c2cccc(OC)c2)c2ccccc21. The van der Waals surface area contributed by atoms with Crippen molar-refractivity contribution in [2.75, 3.05) is 18.6 Å². The number of anilines is 1. The van der Waals surface area contributed by atoms with Gasteiger partial charge in [0, 0.05) is 12.1 Å². The fourth-order valence-electron chi connectivity index (χ4n) is 2.55. The van der Waals surface area contributed by atoms with Crippen LogP contribution in [0, 0.1) is 0 Å². The molecule has 0 fully saturated rings. The number of methoxy groups -OCH3 is 1. The normalized spacial score (nSPS) is 15.5. The summed E-state index contributed by atoms with van der Waals surface area (Å²) < 4.78 is 5.17. The van der Waals surface area contributed by atoms with Crippen LogP contribution < -0.4 is 9.64 Å². The third-order valence-corrected chi connectivity index (χ3v) is 3.67. The molecule has 23 heavy (non-hydrogen) atoms. The van der Waals surface area contributed by atoms with Gasteiger partial charge in [-0.15, -0.1) is 5.10 Å². The van der Waals surface area contributed by atoms with E-state index in [1.54, 1.807) is 18.2 Å². The second kappa shape index (κ2) is 6.44. The highest BCUT2D eigenvalue weighted by Crippen LogP contribution is 2.28. The van der Waals surface area contributed by atoms with Gasteiger partial charge in [-0.2, -0.15) is 5.10 Å². The molecule has 1 aliphatic heterocycles. The maximum atomic E-state index is 12.4. The van der Waals surface area contributed by atoms with E-state index in [9.17, 15) is 4.79 Å². The quantitative estimate of drug-likeness (QED) is 0.644. The zero-order chi connectivity index (χ0) is 16.2. The Bertz CT molecular complexity index is 796. The van der Waals surface area contributed by atoms with E-state index in [0.29, 0.717) is 12.3 Å². The van der Waals surface area contributed by atoms with Crippen molar-refractivity contribution in [1.29, 1.82) is 0 Å². The third kappa shape index (κ3) is 2.85. The van der Waals surface area contributed by atoms with Crippen molar-refractivity contribution in [2.45, 2.75) is 6.92 Å². The number of hydrogen-bond acceptors (Lipinski definition) is 4. The molecule has 0 atom stereocenters. The molecule has 1 heterocycles. The molecule has 1 aliphatic rings. The number of carbonyl (C=O) groups is 1. The van der Waals surface area contributed by atoms with Crippen LogP contribution >= 0.6 is 0 Å². The number of carbonyl (C=O) groups excluding carboxylic acids is 1. The first-order valence-electron chi connectivity index (χ1n) is 7.41. The van der Waals surface area contributed by atoms with Gasteiger partial charge < -0.3 is 9.64 Å². The van der Waals surface area contributed by atoms with E-state index in [2.05, 4.69) is 10.2 Å². The molecular weight excluding hydrogens is 290 g/mol. The number of rotatable bonds is 4. The van der Waals surface area contributed by atoms with Gasteiger partial charge in [0.05, 0.1) is 19.0 Å². The number of para-hydroxylation sites is 1. The minimum absolute atomic E-state index is 0.114. The van der Waals surface area contributed by atoms with E-state index in [1.807, 2.05) is 55.5 Å². The Balaban J connectivity index is 1.90. The summed E-state index contributed by atoms with van der Waals surface area (Å²) in [6.45, 7) is 2.55. The highest BCUT2D eigenvalue weighted by molar-refractivity contribution is 6.54. The van der Waals surface area contributed by atoms with E-state index in [4.69, 9.17) is 4.74 Å². The van der Waals surface area contributed by atoms with Crippen LogP contribution in [0.4, 0.5) is 5.69 Å². The number of likely N-dealkylation sites (N-methyl/N-ethyl adjacent to an activating group) is 1. The Labute approximate surface area is 134 Å². The number of amides is 1. The van der Waals surface area contributed by atoms with Gasteiger partial charge in [-0.3, -0.25) is 4.79 Å². The van der Waals surface area contributed by atoms with E-state index in [1.165, 1.54) is 0 Å². The van der Waals surface area contributed by atoms with Crippen LogP contribution in [0.5, 0.6) is 5.75 Å². The molecule has 0 aliphatic carbocycles. The minimum atomic E-state index is -0.114. The van der Waals surface area contributed by atoms with Crippen molar-refractivity contribution < 1.29 is 9.53 Å². The summed E-state index contributed by atoms with van der Waals surface area (Å²) in [5.74, 6) is 0.637. The van der Waals surface area contributed by atoms with Crippen molar-refractivity contribution >= 4 is 23.5 Å². The second-order valence-electron chi connectivity index (χ2n) is 5.04. The molecule has 5 heteroatoms. The average molecular weight is 307 g/mol. The monoisotopic (exact) mass is 307 g/mol.